The summed E-state index contributed by atoms with van der Waals surface area (Å²) in [5.41, 5.74) is -0.687. The summed E-state index contributed by atoms with van der Waals surface area (Å²) in [6, 6.07) is 4.15. The molecule has 0 aliphatic heterocycles. The number of hydrogen-bond donors (Lipinski definition) is 1. The number of sulfonamides is 1. The zero-order valence-corrected chi connectivity index (χ0v) is 14.6. The van der Waals surface area contributed by atoms with E-state index in [1.807, 2.05) is 4.72 Å². The lowest BCUT2D eigenvalue weighted by Gasteiger charge is -2.19. The van der Waals surface area contributed by atoms with Gasteiger partial charge in [0.25, 0.3) is 10.0 Å². The van der Waals surface area contributed by atoms with Crippen LogP contribution in [-0.2, 0) is 30.8 Å². The highest BCUT2D eigenvalue weighted by Crippen LogP contribution is 2.24. The second-order valence-electron chi connectivity index (χ2n) is 5.91. The molecule has 0 atom stereocenters. The van der Waals surface area contributed by atoms with E-state index in [0.29, 0.717) is 5.75 Å². The smallest absolute Gasteiger partial charge is 0.310 e. The molecule has 8 heteroatoms. The quantitative estimate of drug-likeness (QED) is 0.808. The molecule has 0 aliphatic carbocycles. The minimum Gasteiger partial charge on any atom is -0.497 e. The van der Waals surface area contributed by atoms with Crippen LogP contribution in [0.4, 0.5) is 0 Å². The monoisotopic (exact) mass is 343 g/mol. The Bertz CT molecular complexity index is 703. The average molecular weight is 343 g/mol. The number of amides is 1. The van der Waals surface area contributed by atoms with E-state index in [2.05, 4.69) is 4.74 Å². The van der Waals surface area contributed by atoms with Gasteiger partial charge in [-0.25, -0.2) is 13.1 Å². The third kappa shape index (κ3) is 4.95. The van der Waals surface area contributed by atoms with Crippen molar-refractivity contribution in [3.8, 4) is 5.75 Å². The van der Waals surface area contributed by atoms with Crippen molar-refractivity contribution in [1.82, 2.24) is 4.72 Å². The second-order valence-corrected chi connectivity index (χ2v) is 7.56. The maximum atomic E-state index is 12.5. The van der Waals surface area contributed by atoms with Gasteiger partial charge in [0.2, 0.25) is 5.91 Å². The lowest BCUT2D eigenvalue weighted by Crippen LogP contribution is -2.39. The first-order valence-corrected chi connectivity index (χ1v) is 8.30. The Morgan fingerprint density at radius 2 is 1.78 bits per heavy atom. The first kappa shape index (κ1) is 19.0. The number of methoxy groups -OCH3 is 2. The van der Waals surface area contributed by atoms with Crippen molar-refractivity contribution in [3.05, 3.63) is 23.8 Å². The average Bonchev–Trinajstić information content (AvgIpc) is 2.45. The normalized spacial score (nSPS) is 11.7. The molecule has 0 saturated carbocycles. The van der Waals surface area contributed by atoms with E-state index < -0.39 is 27.3 Å². The molecular formula is C15H21NO6S. The number of esters is 1. The van der Waals surface area contributed by atoms with Gasteiger partial charge in [-0.2, -0.15) is 0 Å². The zero-order chi connectivity index (χ0) is 17.8. The van der Waals surface area contributed by atoms with Gasteiger partial charge in [-0.1, -0.05) is 20.8 Å². The fourth-order valence-electron chi connectivity index (χ4n) is 1.64. The Balaban J connectivity index is 3.29. The molecule has 0 aromatic heterocycles. The Hall–Kier alpha value is -2.09. The topological polar surface area (TPSA) is 98.8 Å². The summed E-state index contributed by atoms with van der Waals surface area (Å²) in [7, 11) is -1.49. The Morgan fingerprint density at radius 3 is 2.26 bits per heavy atom. The second kappa shape index (κ2) is 6.99. The highest BCUT2D eigenvalue weighted by atomic mass is 32.2. The van der Waals surface area contributed by atoms with Gasteiger partial charge in [0.1, 0.15) is 5.75 Å². The number of hydrogen-bond acceptors (Lipinski definition) is 6. The number of ether oxygens (including phenoxy) is 2. The Morgan fingerprint density at radius 1 is 1.17 bits per heavy atom. The standard InChI is InChI=1S/C15H21NO6S/c1-15(2,3)14(18)16-23(19,20)12-7-6-11(21-4)8-10(12)9-13(17)22-5/h6-8H,9H2,1-5H3,(H,16,18). The van der Waals surface area contributed by atoms with Crippen molar-refractivity contribution >= 4 is 21.9 Å². The number of carbonyl (C=O) groups excluding carboxylic acids is 2. The van der Waals surface area contributed by atoms with E-state index in [4.69, 9.17) is 4.74 Å². The summed E-state index contributed by atoms with van der Waals surface area (Å²) < 4.78 is 36.5. The molecule has 0 bridgehead atoms. The molecule has 0 unspecified atom stereocenters. The van der Waals surface area contributed by atoms with Crippen LogP contribution in [0.3, 0.4) is 0 Å². The Labute approximate surface area is 136 Å². The lowest BCUT2D eigenvalue weighted by molar-refractivity contribution is -0.139. The van der Waals surface area contributed by atoms with E-state index in [-0.39, 0.29) is 16.9 Å². The van der Waals surface area contributed by atoms with E-state index >= 15 is 0 Å². The number of benzene rings is 1. The van der Waals surface area contributed by atoms with Crippen LogP contribution in [-0.4, -0.2) is 34.5 Å². The summed E-state index contributed by atoms with van der Waals surface area (Å²) in [6.07, 6.45) is -0.256. The molecule has 0 fully saturated rings. The van der Waals surface area contributed by atoms with Gasteiger partial charge in [-0.05, 0) is 23.8 Å². The number of carbonyl (C=O) groups is 2. The minimum atomic E-state index is -4.12. The lowest BCUT2D eigenvalue weighted by atomic mass is 9.96. The van der Waals surface area contributed by atoms with Crippen molar-refractivity contribution in [2.24, 2.45) is 5.41 Å². The van der Waals surface area contributed by atoms with Crippen molar-refractivity contribution in [3.63, 3.8) is 0 Å². The van der Waals surface area contributed by atoms with Crippen LogP contribution in [0, 0.1) is 5.41 Å². The van der Waals surface area contributed by atoms with Crippen LogP contribution in [0.25, 0.3) is 0 Å². The van der Waals surface area contributed by atoms with E-state index in [0.717, 1.165) is 0 Å². The fraction of sp³-hybridized carbons (Fsp3) is 0.467. The van der Waals surface area contributed by atoms with Gasteiger partial charge >= 0.3 is 5.97 Å². The predicted molar refractivity (Wildman–Crippen MR) is 83.5 cm³/mol. The molecule has 0 aliphatic rings. The Kier molecular flexibility index (Phi) is 5.76. The molecule has 0 spiro atoms. The SMILES string of the molecule is COC(=O)Cc1cc(OC)ccc1S(=O)(=O)NC(=O)C(C)(C)C. The third-order valence-electron chi connectivity index (χ3n) is 3.03. The number of nitrogens with one attached hydrogen (secondary N) is 1. The fourth-order valence-corrected chi connectivity index (χ4v) is 3.02. The first-order valence-electron chi connectivity index (χ1n) is 6.82. The van der Waals surface area contributed by atoms with E-state index in [1.54, 1.807) is 20.8 Å². The summed E-state index contributed by atoms with van der Waals surface area (Å²) in [5.74, 6) is -0.848. The van der Waals surface area contributed by atoms with Gasteiger partial charge in [0.15, 0.2) is 0 Å². The van der Waals surface area contributed by atoms with E-state index in [9.17, 15) is 18.0 Å². The van der Waals surface area contributed by atoms with Crippen LogP contribution in [0.15, 0.2) is 23.1 Å². The summed E-state index contributed by atoms with van der Waals surface area (Å²) >= 11 is 0. The van der Waals surface area contributed by atoms with Gasteiger partial charge in [0.05, 0.1) is 25.5 Å². The van der Waals surface area contributed by atoms with Gasteiger partial charge in [-0.15, -0.1) is 0 Å². The predicted octanol–water partition coefficient (Wildman–Crippen LogP) is 1.26. The number of rotatable bonds is 5. The largest absolute Gasteiger partial charge is 0.497 e. The maximum Gasteiger partial charge on any atom is 0.310 e. The maximum absolute atomic E-state index is 12.5. The summed E-state index contributed by atoms with van der Waals surface area (Å²) in [5, 5.41) is 0. The van der Waals surface area contributed by atoms with Crippen molar-refractivity contribution < 1.29 is 27.5 Å². The van der Waals surface area contributed by atoms with Crippen molar-refractivity contribution in [2.45, 2.75) is 32.1 Å². The highest BCUT2D eigenvalue weighted by molar-refractivity contribution is 7.90. The molecular weight excluding hydrogens is 322 g/mol. The summed E-state index contributed by atoms with van der Waals surface area (Å²) in [4.78, 5) is 23.3. The molecule has 0 radical (unpaired) electrons. The van der Waals surface area contributed by atoms with Crippen LogP contribution in [0.5, 0.6) is 5.75 Å². The van der Waals surface area contributed by atoms with Crippen molar-refractivity contribution in [1.29, 1.82) is 0 Å². The molecule has 1 aromatic rings. The molecule has 23 heavy (non-hydrogen) atoms. The van der Waals surface area contributed by atoms with E-state index in [1.165, 1.54) is 32.4 Å². The van der Waals surface area contributed by atoms with Crippen LogP contribution in [0.1, 0.15) is 26.3 Å². The molecule has 1 N–H and O–H groups in total. The van der Waals surface area contributed by atoms with Gasteiger partial charge in [-0.3, -0.25) is 9.59 Å². The minimum absolute atomic E-state index is 0.165. The molecule has 1 amide bonds. The zero-order valence-electron chi connectivity index (χ0n) is 13.8. The van der Waals surface area contributed by atoms with Crippen LogP contribution in [0.2, 0.25) is 0 Å². The van der Waals surface area contributed by atoms with Gasteiger partial charge < -0.3 is 9.47 Å². The van der Waals surface area contributed by atoms with Crippen LogP contribution < -0.4 is 9.46 Å². The molecule has 128 valence electrons. The summed E-state index contributed by atoms with van der Waals surface area (Å²) in [6.45, 7) is 4.80. The molecule has 1 aromatic carbocycles. The van der Waals surface area contributed by atoms with Crippen LogP contribution >= 0.6 is 0 Å². The highest BCUT2D eigenvalue weighted by Gasteiger charge is 2.29. The first-order chi connectivity index (χ1) is 10.5. The molecule has 0 saturated heterocycles. The third-order valence-corrected chi connectivity index (χ3v) is 4.46. The van der Waals surface area contributed by atoms with Crippen molar-refractivity contribution in [2.75, 3.05) is 14.2 Å². The molecule has 7 nitrogen and oxygen atoms in total. The molecule has 0 heterocycles. The van der Waals surface area contributed by atoms with Gasteiger partial charge in [0, 0.05) is 5.41 Å². The molecule has 1 rings (SSSR count).